The Balaban J connectivity index is 3.31. The van der Waals surface area contributed by atoms with Crippen LogP contribution in [0, 0.1) is 14.9 Å². The van der Waals surface area contributed by atoms with E-state index in [1.165, 1.54) is 0 Å². The summed E-state index contributed by atoms with van der Waals surface area (Å²) in [5.41, 5.74) is 0.286. The molecule has 0 amide bonds. The maximum absolute atomic E-state index is 8.44. The van der Waals surface area contributed by atoms with E-state index in [0.717, 1.165) is 3.57 Å². The Bertz CT molecular complexity index is 292. The van der Waals surface area contributed by atoms with Gasteiger partial charge in [0.1, 0.15) is 6.07 Å². The van der Waals surface area contributed by atoms with Crippen LogP contribution in [0.2, 0.25) is 5.02 Å². The smallest absolute Gasteiger partial charge is 0.160 e. The van der Waals surface area contributed by atoms with Gasteiger partial charge < -0.3 is 0 Å². The number of halogens is 2. The summed E-state index contributed by atoms with van der Waals surface area (Å²) in [6.07, 6.45) is 1.56. The first-order chi connectivity index (χ1) is 4.75. The highest BCUT2D eigenvalue weighted by Crippen LogP contribution is 2.19. The summed E-state index contributed by atoms with van der Waals surface area (Å²) in [5.74, 6) is 0. The maximum Gasteiger partial charge on any atom is 0.160 e. The van der Waals surface area contributed by atoms with E-state index in [1.54, 1.807) is 12.3 Å². The molecular weight excluding hydrogens is 262 g/mol. The van der Waals surface area contributed by atoms with Crippen molar-refractivity contribution in [3.8, 4) is 6.07 Å². The molecule has 0 aliphatic carbocycles. The van der Waals surface area contributed by atoms with Gasteiger partial charge in [-0.15, -0.1) is 0 Å². The zero-order chi connectivity index (χ0) is 7.56. The van der Waals surface area contributed by atoms with Gasteiger partial charge in [-0.25, -0.2) is 4.98 Å². The van der Waals surface area contributed by atoms with Gasteiger partial charge in [-0.2, -0.15) is 5.26 Å². The largest absolute Gasteiger partial charge is 0.244 e. The van der Waals surface area contributed by atoms with E-state index in [1.807, 2.05) is 6.07 Å². The molecule has 1 heterocycles. The van der Waals surface area contributed by atoms with E-state index in [2.05, 4.69) is 27.6 Å². The second kappa shape index (κ2) is 3.17. The number of pyridine rings is 1. The Morgan fingerprint density at radius 2 is 2.40 bits per heavy atom. The lowest BCUT2D eigenvalue weighted by Crippen LogP contribution is -1.84. The predicted molar refractivity (Wildman–Crippen MR) is 46.7 cm³/mol. The number of aromatic nitrogens is 1. The molecule has 0 saturated carbocycles. The van der Waals surface area contributed by atoms with E-state index in [9.17, 15) is 0 Å². The molecule has 0 fully saturated rings. The van der Waals surface area contributed by atoms with E-state index >= 15 is 0 Å². The highest BCUT2D eigenvalue weighted by molar-refractivity contribution is 14.1. The Hall–Kier alpha value is -0.340. The van der Waals surface area contributed by atoms with Gasteiger partial charge in [0, 0.05) is 9.77 Å². The Morgan fingerprint density at radius 3 is 2.90 bits per heavy atom. The van der Waals surface area contributed by atoms with Crippen LogP contribution in [-0.2, 0) is 0 Å². The molecule has 0 radical (unpaired) electrons. The molecule has 2 nitrogen and oxygen atoms in total. The second-order valence-corrected chi connectivity index (χ2v) is 3.11. The van der Waals surface area contributed by atoms with Crippen LogP contribution in [0.25, 0.3) is 0 Å². The molecule has 0 saturated heterocycles. The normalized spacial score (nSPS) is 8.90. The molecule has 1 rings (SSSR count). The molecule has 0 N–H and O–H groups in total. The van der Waals surface area contributed by atoms with Crippen molar-refractivity contribution in [2.24, 2.45) is 0 Å². The SMILES string of the molecule is N#Cc1nccc(I)c1Cl. The van der Waals surface area contributed by atoms with Crippen molar-refractivity contribution < 1.29 is 0 Å². The summed E-state index contributed by atoms with van der Waals surface area (Å²) in [7, 11) is 0. The van der Waals surface area contributed by atoms with Gasteiger partial charge in [0.2, 0.25) is 0 Å². The highest BCUT2D eigenvalue weighted by Gasteiger charge is 2.02. The molecule has 0 aliphatic heterocycles. The van der Waals surface area contributed by atoms with Crippen LogP contribution in [-0.4, -0.2) is 4.98 Å². The van der Waals surface area contributed by atoms with E-state index < -0.39 is 0 Å². The third-order valence-electron chi connectivity index (χ3n) is 0.948. The fourth-order valence-corrected chi connectivity index (χ4v) is 1.07. The third kappa shape index (κ3) is 1.39. The number of nitriles is 1. The zero-order valence-electron chi connectivity index (χ0n) is 4.81. The molecule has 1 aromatic rings. The average molecular weight is 264 g/mol. The Labute approximate surface area is 77.0 Å². The molecule has 4 heteroatoms. The summed E-state index contributed by atoms with van der Waals surface area (Å²) >= 11 is 7.75. The van der Waals surface area contributed by atoms with E-state index in [-0.39, 0.29) is 5.69 Å². The molecular formula is C6H2ClIN2. The topological polar surface area (TPSA) is 36.7 Å². The summed E-state index contributed by atoms with van der Waals surface area (Å²) in [6, 6.07) is 3.64. The van der Waals surface area contributed by atoms with Gasteiger partial charge in [-0.05, 0) is 28.7 Å². The van der Waals surface area contributed by atoms with E-state index in [0.29, 0.717) is 5.02 Å². The second-order valence-electron chi connectivity index (χ2n) is 1.57. The molecule has 0 spiro atoms. The fourth-order valence-electron chi connectivity index (χ4n) is 0.498. The first-order valence-corrected chi connectivity index (χ1v) is 3.91. The average Bonchev–Trinajstić information content (AvgIpc) is 1.95. The number of rotatable bonds is 0. The molecule has 0 unspecified atom stereocenters. The first kappa shape index (κ1) is 7.76. The van der Waals surface area contributed by atoms with Gasteiger partial charge in [0.25, 0.3) is 0 Å². The van der Waals surface area contributed by atoms with Crippen LogP contribution in [0.4, 0.5) is 0 Å². The van der Waals surface area contributed by atoms with Crippen molar-refractivity contribution in [2.75, 3.05) is 0 Å². The van der Waals surface area contributed by atoms with Gasteiger partial charge in [0.15, 0.2) is 5.69 Å². The Kier molecular flexibility index (Phi) is 2.46. The molecule has 0 bridgehead atoms. The lowest BCUT2D eigenvalue weighted by Gasteiger charge is -1.93. The van der Waals surface area contributed by atoms with Crippen LogP contribution in [0.1, 0.15) is 5.69 Å². The summed E-state index contributed by atoms with van der Waals surface area (Å²) in [4.78, 5) is 3.76. The summed E-state index contributed by atoms with van der Waals surface area (Å²) in [5, 5.41) is 8.88. The molecule has 10 heavy (non-hydrogen) atoms. The summed E-state index contributed by atoms with van der Waals surface area (Å²) < 4.78 is 0.853. The standard InChI is InChI=1S/C6H2ClIN2/c7-6-4(8)1-2-10-5(6)3-9/h1-2H. The number of hydrogen-bond donors (Lipinski definition) is 0. The lowest BCUT2D eigenvalue weighted by molar-refractivity contribution is 1.25. The first-order valence-electron chi connectivity index (χ1n) is 2.46. The van der Waals surface area contributed by atoms with Crippen molar-refractivity contribution >= 4 is 34.2 Å². The van der Waals surface area contributed by atoms with Crippen molar-refractivity contribution in [3.05, 3.63) is 26.5 Å². The van der Waals surface area contributed by atoms with Crippen molar-refractivity contribution in [3.63, 3.8) is 0 Å². The van der Waals surface area contributed by atoms with Crippen LogP contribution in [0.15, 0.2) is 12.3 Å². The van der Waals surface area contributed by atoms with Crippen LogP contribution >= 0.6 is 34.2 Å². The monoisotopic (exact) mass is 264 g/mol. The van der Waals surface area contributed by atoms with Gasteiger partial charge in [-0.1, -0.05) is 11.6 Å². The predicted octanol–water partition coefficient (Wildman–Crippen LogP) is 2.21. The molecule has 50 valence electrons. The fraction of sp³-hybridized carbons (Fsp3) is 0. The number of nitrogens with zero attached hydrogens (tertiary/aromatic N) is 2. The third-order valence-corrected chi connectivity index (χ3v) is 2.55. The number of hydrogen-bond acceptors (Lipinski definition) is 2. The highest BCUT2D eigenvalue weighted by atomic mass is 127. The van der Waals surface area contributed by atoms with E-state index in [4.69, 9.17) is 16.9 Å². The minimum Gasteiger partial charge on any atom is -0.244 e. The molecule has 0 aliphatic rings. The molecule has 0 atom stereocenters. The molecule has 0 aromatic carbocycles. The van der Waals surface area contributed by atoms with Crippen molar-refractivity contribution in [1.29, 1.82) is 5.26 Å². The minimum atomic E-state index is 0.286. The van der Waals surface area contributed by atoms with Crippen molar-refractivity contribution in [1.82, 2.24) is 4.98 Å². The van der Waals surface area contributed by atoms with Gasteiger partial charge in [-0.3, -0.25) is 0 Å². The van der Waals surface area contributed by atoms with Gasteiger partial charge in [0.05, 0.1) is 5.02 Å². The van der Waals surface area contributed by atoms with Crippen molar-refractivity contribution in [2.45, 2.75) is 0 Å². The van der Waals surface area contributed by atoms with Crippen LogP contribution < -0.4 is 0 Å². The van der Waals surface area contributed by atoms with Gasteiger partial charge >= 0.3 is 0 Å². The van der Waals surface area contributed by atoms with Crippen LogP contribution in [0.5, 0.6) is 0 Å². The minimum absolute atomic E-state index is 0.286. The lowest BCUT2D eigenvalue weighted by atomic mass is 10.4. The van der Waals surface area contributed by atoms with Crippen LogP contribution in [0.3, 0.4) is 0 Å². The molecule has 1 aromatic heterocycles. The summed E-state index contributed by atoms with van der Waals surface area (Å²) in [6.45, 7) is 0. The maximum atomic E-state index is 8.44. The quantitative estimate of drug-likeness (QED) is 0.674. The Morgan fingerprint density at radius 1 is 1.70 bits per heavy atom. The zero-order valence-corrected chi connectivity index (χ0v) is 7.72.